The van der Waals surface area contributed by atoms with Gasteiger partial charge in [-0.05, 0) is 28.3 Å². The fourth-order valence-corrected chi connectivity index (χ4v) is 2.16. The Morgan fingerprint density at radius 3 is 2.67 bits per heavy atom. The highest BCUT2D eigenvalue weighted by Gasteiger charge is 2.01. The molecule has 0 aliphatic rings. The summed E-state index contributed by atoms with van der Waals surface area (Å²) in [6.07, 6.45) is 0. The highest BCUT2D eigenvalue weighted by molar-refractivity contribution is 5.82. The monoisotopic (exact) mass is 243 g/mol. The van der Waals surface area contributed by atoms with Crippen LogP contribution in [0.15, 0.2) is 42.5 Å². The molecule has 0 amide bonds. The van der Waals surface area contributed by atoms with Crippen LogP contribution in [0.5, 0.6) is 0 Å². The van der Waals surface area contributed by atoms with Crippen LogP contribution in [0.4, 0.5) is 0 Å². The first kappa shape index (κ1) is 13.1. The number of fused-ring (bicyclic) bond motifs is 1. The van der Waals surface area contributed by atoms with Crippen LogP contribution in [0.25, 0.3) is 10.8 Å². The van der Waals surface area contributed by atoms with Gasteiger partial charge in [0.2, 0.25) is 0 Å². The normalized spacial score (nSPS) is 12.8. The molecule has 2 nitrogen and oxygen atoms in total. The van der Waals surface area contributed by atoms with Gasteiger partial charge < -0.3 is 10.1 Å². The molecule has 2 aromatic carbocycles. The minimum absolute atomic E-state index is 0.551. The first-order valence-electron chi connectivity index (χ1n) is 6.47. The van der Waals surface area contributed by atoms with Gasteiger partial charge in [-0.25, -0.2) is 0 Å². The molecule has 1 unspecified atom stereocenters. The number of hydrogen-bond donors (Lipinski definition) is 1. The highest BCUT2D eigenvalue weighted by Crippen LogP contribution is 2.15. The number of hydrogen-bond acceptors (Lipinski definition) is 2. The van der Waals surface area contributed by atoms with Crippen LogP contribution in [0.2, 0.25) is 0 Å². The van der Waals surface area contributed by atoms with Crippen molar-refractivity contribution in [1.29, 1.82) is 0 Å². The summed E-state index contributed by atoms with van der Waals surface area (Å²) in [5.41, 5.74) is 1.33. The van der Waals surface area contributed by atoms with E-state index in [1.807, 2.05) is 0 Å². The Balaban J connectivity index is 1.91. The van der Waals surface area contributed by atoms with Crippen LogP contribution in [-0.2, 0) is 11.3 Å². The molecule has 18 heavy (non-hydrogen) atoms. The summed E-state index contributed by atoms with van der Waals surface area (Å²) < 4.78 is 5.12. The van der Waals surface area contributed by atoms with Crippen molar-refractivity contribution in [2.75, 3.05) is 20.3 Å². The summed E-state index contributed by atoms with van der Waals surface area (Å²) in [6, 6.07) is 15.1. The van der Waals surface area contributed by atoms with Crippen LogP contribution >= 0.6 is 0 Å². The van der Waals surface area contributed by atoms with Gasteiger partial charge in [0.25, 0.3) is 0 Å². The summed E-state index contributed by atoms with van der Waals surface area (Å²) in [7, 11) is 1.75. The van der Waals surface area contributed by atoms with E-state index in [2.05, 4.69) is 54.7 Å². The summed E-state index contributed by atoms with van der Waals surface area (Å²) in [6.45, 7) is 4.90. The molecule has 0 spiro atoms. The standard InChI is InChI=1S/C16H21NO/c1-13(12-18-2)10-17-11-14-7-8-15-5-3-4-6-16(15)9-14/h3-9,13,17H,10-12H2,1-2H3. The molecule has 0 bridgehead atoms. The summed E-state index contributed by atoms with van der Waals surface area (Å²) in [5, 5.41) is 6.08. The van der Waals surface area contributed by atoms with E-state index in [4.69, 9.17) is 4.74 Å². The molecule has 0 saturated heterocycles. The molecule has 0 aromatic heterocycles. The third-order valence-corrected chi connectivity index (χ3v) is 3.09. The lowest BCUT2D eigenvalue weighted by atomic mass is 10.1. The van der Waals surface area contributed by atoms with Crippen molar-refractivity contribution in [3.8, 4) is 0 Å². The Hall–Kier alpha value is -1.38. The highest BCUT2D eigenvalue weighted by atomic mass is 16.5. The van der Waals surface area contributed by atoms with E-state index in [1.165, 1.54) is 16.3 Å². The zero-order chi connectivity index (χ0) is 12.8. The largest absolute Gasteiger partial charge is 0.384 e. The molecule has 0 saturated carbocycles. The second-order valence-corrected chi connectivity index (χ2v) is 4.87. The maximum absolute atomic E-state index is 5.12. The molecular formula is C16H21NO. The number of ether oxygens (including phenoxy) is 1. The maximum Gasteiger partial charge on any atom is 0.0499 e. The molecule has 0 radical (unpaired) electrons. The van der Waals surface area contributed by atoms with Gasteiger partial charge in [0.15, 0.2) is 0 Å². The number of nitrogens with one attached hydrogen (secondary N) is 1. The number of rotatable bonds is 6. The predicted octanol–water partition coefficient (Wildman–Crippen LogP) is 3.21. The van der Waals surface area contributed by atoms with Crippen molar-refractivity contribution in [3.05, 3.63) is 48.0 Å². The van der Waals surface area contributed by atoms with E-state index in [1.54, 1.807) is 7.11 Å². The zero-order valence-electron chi connectivity index (χ0n) is 11.1. The van der Waals surface area contributed by atoms with Crippen molar-refractivity contribution in [2.24, 2.45) is 5.92 Å². The van der Waals surface area contributed by atoms with E-state index in [0.717, 1.165) is 19.7 Å². The van der Waals surface area contributed by atoms with Crippen LogP contribution in [0.1, 0.15) is 12.5 Å². The molecule has 1 N–H and O–H groups in total. The van der Waals surface area contributed by atoms with Crippen LogP contribution in [-0.4, -0.2) is 20.3 Å². The second kappa shape index (κ2) is 6.53. The third kappa shape index (κ3) is 3.56. The van der Waals surface area contributed by atoms with Gasteiger partial charge in [0.1, 0.15) is 0 Å². The van der Waals surface area contributed by atoms with Gasteiger partial charge in [-0.1, -0.05) is 43.3 Å². The lowest BCUT2D eigenvalue weighted by molar-refractivity contribution is 0.158. The Labute approximate surface area is 109 Å². The Morgan fingerprint density at radius 1 is 1.11 bits per heavy atom. The van der Waals surface area contributed by atoms with Crippen molar-refractivity contribution >= 4 is 10.8 Å². The van der Waals surface area contributed by atoms with Crippen LogP contribution in [0, 0.1) is 5.92 Å². The fraction of sp³-hybridized carbons (Fsp3) is 0.375. The summed E-state index contributed by atoms with van der Waals surface area (Å²) >= 11 is 0. The molecule has 1 atom stereocenters. The SMILES string of the molecule is COCC(C)CNCc1ccc2ccccc2c1. The van der Waals surface area contributed by atoms with Crippen LogP contribution in [0.3, 0.4) is 0 Å². The van der Waals surface area contributed by atoms with Crippen molar-refractivity contribution < 1.29 is 4.74 Å². The van der Waals surface area contributed by atoms with Crippen molar-refractivity contribution in [2.45, 2.75) is 13.5 Å². The molecule has 0 heterocycles. The third-order valence-electron chi connectivity index (χ3n) is 3.09. The smallest absolute Gasteiger partial charge is 0.0499 e. The Bertz CT molecular complexity index is 495. The van der Waals surface area contributed by atoms with Gasteiger partial charge >= 0.3 is 0 Å². The number of methoxy groups -OCH3 is 1. The van der Waals surface area contributed by atoms with Crippen LogP contribution < -0.4 is 5.32 Å². The maximum atomic E-state index is 5.12. The van der Waals surface area contributed by atoms with Gasteiger partial charge in [0, 0.05) is 26.8 Å². The molecule has 2 heteroatoms. The van der Waals surface area contributed by atoms with Gasteiger partial charge in [-0.15, -0.1) is 0 Å². The second-order valence-electron chi connectivity index (χ2n) is 4.87. The van der Waals surface area contributed by atoms with E-state index in [9.17, 15) is 0 Å². The van der Waals surface area contributed by atoms with E-state index in [0.29, 0.717) is 5.92 Å². The van der Waals surface area contributed by atoms with Crippen molar-refractivity contribution in [3.63, 3.8) is 0 Å². The average Bonchev–Trinajstić information content (AvgIpc) is 2.39. The molecular weight excluding hydrogens is 222 g/mol. The fourth-order valence-electron chi connectivity index (χ4n) is 2.16. The molecule has 0 aliphatic heterocycles. The molecule has 0 fully saturated rings. The summed E-state index contributed by atoms with van der Waals surface area (Å²) in [5.74, 6) is 0.551. The zero-order valence-corrected chi connectivity index (χ0v) is 11.1. The predicted molar refractivity (Wildman–Crippen MR) is 76.7 cm³/mol. The minimum atomic E-state index is 0.551. The molecule has 96 valence electrons. The van der Waals surface area contributed by atoms with Gasteiger partial charge in [-0.2, -0.15) is 0 Å². The first-order valence-corrected chi connectivity index (χ1v) is 6.47. The Morgan fingerprint density at radius 2 is 1.89 bits per heavy atom. The molecule has 2 aromatic rings. The van der Waals surface area contributed by atoms with E-state index < -0.39 is 0 Å². The van der Waals surface area contributed by atoms with E-state index >= 15 is 0 Å². The van der Waals surface area contributed by atoms with Crippen molar-refractivity contribution in [1.82, 2.24) is 5.32 Å². The van der Waals surface area contributed by atoms with E-state index in [-0.39, 0.29) is 0 Å². The lowest BCUT2D eigenvalue weighted by Crippen LogP contribution is -2.23. The first-order chi connectivity index (χ1) is 8.79. The average molecular weight is 243 g/mol. The molecule has 0 aliphatic carbocycles. The minimum Gasteiger partial charge on any atom is -0.384 e. The number of benzene rings is 2. The lowest BCUT2D eigenvalue weighted by Gasteiger charge is -2.11. The topological polar surface area (TPSA) is 21.3 Å². The Kier molecular flexibility index (Phi) is 4.73. The van der Waals surface area contributed by atoms with Gasteiger partial charge in [0.05, 0.1) is 0 Å². The van der Waals surface area contributed by atoms with Gasteiger partial charge in [-0.3, -0.25) is 0 Å². The summed E-state index contributed by atoms with van der Waals surface area (Å²) in [4.78, 5) is 0. The molecule has 2 rings (SSSR count). The quantitative estimate of drug-likeness (QED) is 0.841.